The topological polar surface area (TPSA) is 135 Å². The van der Waals surface area contributed by atoms with Crippen molar-refractivity contribution in [3.8, 4) is 5.75 Å². The van der Waals surface area contributed by atoms with Crippen LogP contribution in [0.5, 0.6) is 5.75 Å². The molecule has 4 rings (SSSR count). The maximum absolute atomic E-state index is 13.7. The second kappa shape index (κ2) is 15.6. The highest BCUT2D eigenvalue weighted by atomic mass is 16.6. The summed E-state index contributed by atoms with van der Waals surface area (Å²) in [5, 5.41) is 8.49. The summed E-state index contributed by atoms with van der Waals surface area (Å²) >= 11 is 0. The van der Waals surface area contributed by atoms with Crippen molar-refractivity contribution in [2.24, 2.45) is 0 Å². The van der Waals surface area contributed by atoms with Gasteiger partial charge in [-0.15, -0.1) is 0 Å². The van der Waals surface area contributed by atoms with Gasteiger partial charge >= 0.3 is 0 Å². The van der Waals surface area contributed by atoms with Crippen LogP contribution in [0.1, 0.15) is 67.8 Å². The van der Waals surface area contributed by atoms with Gasteiger partial charge < -0.3 is 30.2 Å². The first-order chi connectivity index (χ1) is 20.8. The lowest BCUT2D eigenvalue weighted by atomic mass is 9.94. The van der Waals surface area contributed by atoms with Gasteiger partial charge in [0, 0.05) is 7.11 Å². The largest absolute Gasteiger partial charge is 0.493 e. The maximum atomic E-state index is 13.7. The minimum absolute atomic E-state index is 0.0975. The molecular formula is C33H43N3O7. The van der Waals surface area contributed by atoms with Crippen LogP contribution in [-0.4, -0.2) is 74.2 Å². The number of fused-ring (bicyclic) bond motifs is 1. The molecule has 0 aromatic heterocycles. The lowest BCUT2D eigenvalue weighted by Crippen LogP contribution is -2.57. The fraction of sp³-hybridized carbons (Fsp3) is 0.515. The van der Waals surface area contributed by atoms with Crippen molar-refractivity contribution in [2.75, 3.05) is 26.9 Å². The first-order valence-electron chi connectivity index (χ1n) is 15.2. The molecule has 0 bridgehead atoms. The average molecular weight is 594 g/mol. The van der Waals surface area contributed by atoms with Crippen LogP contribution in [-0.2, 0) is 30.3 Å². The summed E-state index contributed by atoms with van der Waals surface area (Å²) < 4.78 is 16.6. The molecule has 43 heavy (non-hydrogen) atoms. The third-order valence-electron chi connectivity index (χ3n) is 7.88. The van der Waals surface area contributed by atoms with Crippen LogP contribution < -0.4 is 20.7 Å². The normalized spacial score (nSPS) is 24.2. The molecule has 0 saturated carbocycles. The van der Waals surface area contributed by atoms with Crippen molar-refractivity contribution in [3.63, 3.8) is 0 Å². The molecule has 232 valence electrons. The van der Waals surface area contributed by atoms with Crippen LogP contribution in [0.15, 0.2) is 54.6 Å². The summed E-state index contributed by atoms with van der Waals surface area (Å²) in [5.74, 6) is -1.25. The fourth-order valence-electron chi connectivity index (χ4n) is 5.20. The lowest BCUT2D eigenvalue weighted by molar-refractivity contribution is -0.133. The summed E-state index contributed by atoms with van der Waals surface area (Å²) in [6.07, 6.45) is 6.11. The van der Waals surface area contributed by atoms with E-state index in [1.807, 2.05) is 30.3 Å². The van der Waals surface area contributed by atoms with Crippen molar-refractivity contribution in [1.29, 1.82) is 0 Å². The van der Waals surface area contributed by atoms with Gasteiger partial charge in [0.1, 0.15) is 23.4 Å². The number of carbonyl (C=O) groups excluding carboxylic acids is 4. The van der Waals surface area contributed by atoms with Gasteiger partial charge in [-0.25, -0.2) is 0 Å². The van der Waals surface area contributed by atoms with Gasteiger partial charge in [0.2, 0.25) is 11.8 Å². The van der Waals surface area contributed by atoms with E-state index in [0.29, 0.717) is 43.8 Å². The monoisotopic (exact) mass is 593 g/mol. The number of benzene rings is 2. The first kappa shape index (κ1) is 32.2. The molecule has 0 radical (unpaired) electrons. The minimum atomic E-state index is -1.06. The van der Waals surface area contributed by atoms with Crippen LogP contribution >= 0.6 is 0 Å². The number of para-hydroxylation sites is 1. The van der Waals surface area contributed by atoms with E-state index < -0.39 is 41.4 Å². The molecule has 2 heterocycles. The van der Waals surface area contributed by atoms with E-state index in [1.165, 1.54) is 7.11 Å². The van der Waals surface area contributed by atoms with Crippen molar-refractivity contribution in [3.05, 3.63) is 65.7 Å². The molecule has 0 aliphatic carbocycles. The summed E-state index contributed by atoms with van der Waals surface area (Å²) in [5.41, 5.74) is 0.284. The Morgan fingerprint density at radius 3 is 2.37 bits per heavy atom. The van der Waals surface area contributed by atoms with E-state index in [4.69, 9.17) is 14.2 Å². The zero-order chi connectivity index (χ0) is 30.7. The SMILES string of the molecule is COC[C@@H]1NC(=O)c2ccccc2OCCCCCCCC[C@@H](C(=O)N[C@@H](Cc2ccccc2)C(=O)[C@@]2(C)CO2)NC1=O. The van der Waals surface area contributed by atoms with E-state index >= 15 is 0 Å². The molecule has 4 atom stereocenters. The fourth-order valence-corrected chi connectivity index (χ4v) is 5.20. The van der Waals surface area contributed by atoms with Gasteiger partial charge in [-0.3, -0.25) is 19.2 Å². The van der Waals surface area contributed by atoms with E-state index in [-0.39, 0.29) is 12.4 Å². The second-order valence-corrected chi connectivity index (χ2v) is 11.4. The Labute approximate surface area is 253 Å². The summed E-state index contributed by atoms with van der Waals surface area (Å²) in [6, 6.07) is 13.6. The highest BCUT2D eigenvalue weighted by molar-refractivity contribution is 6.01. The van der Waals surface area contributed by atoms with Gasteiger partial charge in [0.15, 0.2) is 5.78 Å². The van der Waals surface area contributed by atoms with E-state index in [1.54, 1.807) is 31.2 Å². The van der Waals surface area contributed by atoms with Crippen molar-refractivity contribution in [2.45, 2.75) is 82.0 Å². The number of epoxide rings is 1. The first-order valence-corrected chi connectivity index (χ1v) is 15.2. The van der Waals surface area contributed by atoms with Crippen LogP contribution in [0, 0.1) is 0 Å². The Morgan fingerprint density at radius 1 is 0.977 bits per heavy atom. The molecule has 10 nitrogen and oxygen atoms in total. The molecule has 2 aromatic carbocycles. The number of Topliss-reactive ketones (excluding diaryl/α,β-unsaturated/α-hetero) is 1. The number of hydrogen-bond donors (Lipinski definition) is 3. The summed E-state index contributed by atoms with van der Waals surface area (Å²) in [6.45, 7) is 2.41. The number of ketones is 1. The number of carbonyl (C=O) groups is 4. The lowest BCUT2D eigenvalue weighted by Gasteiger charge is -2.26. The van der Waals surface area contributed by atoms with Crippen LogP contribution in [0.4, 0.5) is 0 Å². The van der Waals surface area contributed by atoms with Gasteiger partial charge in [-0.2, -0.15) is 0 Å². The van der Waals surface area contributed by atoms with E-state index in [2.05, 4.69) is 16.0 Å². The molecule has 2 aliphatic rings. The standard InChI is InChI=1S/C33H43N3O7/c1-33(22-43-33)29(37)26(20-23-14-8-7-9-15-23)35-31(39)25-17-10-5-3-4-6-13-19-42-28-18-12-11-16-24(28)30(38)36-27(21-41-2)32(40)34-25/h7-9,11-12,14-16,18,25-27H,3-6,10,13,17,19-22H2,1-2H3,(H,34,40)(H,35,39)(H,36,38)/t25-,26-,27-,33+/m0/s1. The molecule has 0 spiro atoms. The van der Waals surface area contributed by atoms with Gasteiger partial charge in [-0.05, 0) is 43.9 Å². The van der Waals surface area contributed by atoms with E-state index in [9.17, 15) is 19.2 Å². The Bertz CT molecular complexity index is 1250. The van der Waals surface area contributed by atoms with Crippen molar-refractivity contribution >= 4 is 23.5 Å². The number of ether oxygens (including phenoxy) is 3. The molecule has 0 unspecified atom stereocenters. The zero-order valence-corrected chi connectivity index (χ0v) is 25.1. The Morgan fingerprint density at radius 2 is 1.65 bits per heavy atom. The van der Waals surface area contributed by atoms with Gasteiger partial charge in [0.05, 0.1) is 31.4 Å². The molecule has 3 amide bonds. The number of nitrogens with one attached hydrogen (secondary N) is 3. The number of rotatable bonds is 8. The minimum Gasteiger partial charge on any atom is -0.493 e. The Kier molecular flexibility index (Phi) is 11.7. The zero-order valence-electron chi connectivity index (χ0n) is 25.1. The molecule has 2 aromatic rings. The predicted molar refractivity (Wildman–Crippen MR) is 161 cm³/mol. The molecule has 10 heteroatoms. The van der Waals surface area contributed by atoms with E-state index in [0.717, 1.165) is 37.7 Å². The second-order valence-electron chi connectivity index (χ2n) is 11.4. The molecule has 3 N–H and O–H groups in total. The average Bonchev–Trinajstić information content (AvgIpc) is 3.76. The third kappa shape index (κ3) is 9.36. The number of methoxy groups -OCH3 is 1. The molecular weight excluding hydrogens is 550 g/mol. The van der Waals surface area contributed by atoms with Crippen molar-refractivity contribution < 1.29 is 33.4 Å². The van der Waals surface area contributed by atoms with Gasteiger partial charge in [0.25, 0.3) is 5.91 Å². The quantitative estimate of drug-likeness (QED) is 0.400. The highest BCUT2D eigenvalue weighted by Crippen LogP contribution is 2.29. The molecule has 1 saturated heterocycles. The van der Waals surface area contributed by atoms with Crippen LogP contribution in [0.2, 0.25) is 0 Å². The van der Waals surface area contributed by atoms with Crippen molar-refractivity contribution in [1.82, 2.24) is 16.0 Å². The third-order valence-corrected chi connectivity index (χ3v) is 7.88. The Hall–Kier alpha value is -3.76. The number of hydrogen-bond acceptors (Lipinski definition) is 7. The smallest absolute Gasteiger partial charge is 0.255 e. The predicted octanol–water partition coefficient (Wildman–Crippen LogP) is 3.12. The molecule has 1 fully saturated rings. The molecule has 2 aliphatic heterocycles. The summed E-state index contributed by atoms with van der Waals surface area (Å²) in [4.78, 5) is 53.8. The van der Waals surface area contributed by atoms with Crippen LogP contribution in [0.3, 0.4) is 0 Å². The Balaban J connectivity index is 1.53. The van der Waals surface area contributed by atoms with Crippen LogP contribution in [0.25, 0.3) is 0 Å². The highest BCUT2D eigenvalue weighted by Gasteiger charge is 2.50. The van der Waals surface area contributed by atoms with Gasteiger partial charge in [-0.1, -0.05) is 74.6 Å². The maximum Gasteiger partial charge on any atom is 0.255 e. The summed E-state index contributed by atoms with van der Waals surface area (Å²) in [7, 11) is 1.43. The number of amides is 3.